The Morgan fingerprint density at radius 2 is 1.76 bits per heavy atom. The third-order valence-electron chi connectivity index (χ3n) is 3.75. The van der Waals surface area contributed by atoms with Gasteiger partial charge in [-0.2, -0.15) is 0 Å². The Kier molecular flexibility index (Phi) is 5.83. The lowest BCUT2D eigenvalue weighted by molar-refractivity contribution is 0.413. The van der Waals surface area contributed by atoms with Crippen LogP contribution in [0.1, 0.15) is 43.5 Å². The molecule has 3 heteroatoms. The highest BCUT2D eigenvalue weighted by Gasteiger charge is 2.15. The van der Waals surface area contributed by atoms with Crippen LogP contribution >= 0.6 is 15.9 Å². The van der Waals surface area contributed by atoms with Crippen molar-refractivity contribution in [3.63, 3.8) is 0 Å². The highest BCUT2D eigenvalue weighted by molar-refractivity contribution is 9.10. The van der Waals surface area contributed by atoms with E-state index in [2.05, 4.69) is 65.4 Å². The van der Waals surface area contributed by atoms with E-state index in [0.29, 0.717) is 6.04 Å². The summed E-state index contributed by atoms with van der Waals surface area (Å²) in [7, 11) is 1.69. The molecule has 0 amide bonds. The van der Waals surface area contributed by atoms with Gasteiger partial charge >= 0.3 is 0 Å². The van der Waals surface area contributed by atoms with Gasteiger partial charge < -0.3 is 10.1 Å². The quantitative estimate of drug-likeness (QED) is 0.769. The first-order valence-corrected chi connectivity index (χ1v) is 8.09. The van der Waals surface area contributed by atoms with E-state index in [-0.39, 0.29) is 6.04 Å². The summed E-state index contributed by atoms with van der Waals surface area (Å²) in [6.45, 7) is 4.40. The van der Waals surface area contributed by atoms with E-state index < -0.39 is 0 Å². The van der Waals surface area contributed by atoms with Gasteiger partial charge in [0.15, 0.2) is 0 Å². The fraction of sp³-hybridized carbons (Fsp3) is 0.333. The highest BCUT2D eigenvalue weighted by atomic mass is 79.9. The zero-order valence-corrected chi connectivity index (χ0v) is 14.4. The first kappa shape index (κ1) is 16.1. The van der Waals surface area contributed by atoms with Gasteiger partial charge in [-0.05, 0) is 42.7 Å². The van der Waals surface area contributed by atoms with Crippen LogP contribution in [0.5, 0.6) is 5.75 Å². The van der Waals surface area contributed by atoms with Gasteiger partial charge in [-0.25, -0.2) is 0 Å². The molecule has 21 heavy (non-hydrogen) atoms. The smallest absolute Gasteiger partial charge is 0.118 e. The minimum absolute atomic E-state index is 0.285. The van der Waals surface area contributed by atoms with E-state index in [1.165, 1.54) is 11.1 Å². The molecule has 0 fully saturated rings. The molecule has 2 nitrogen and oxygen atoms in total. The molecule has 0 aliphatic rings. The lowest BCUT2D eigenvalue weighted by atomic mass is 10.0. The van der Waals surface area contributed by atoms with Crippen LogP contribution in [0.15, 0.2) is 53.0 Å². The van der Waals surface area contributed by atoms with Crippen molar-refractivity contribution >= 4 is 15.9 Å². The van der Waals surface area contributed by atoms with Crippen molar-refractivity contribution in [3.8, 4) is 5.75 Å². The molecule has 2 rings (SSSR count). The number of nitrogens with one attached hydrogen (secondary N) is 1. The van der Waals surface area contributed by atoms with Crippen molar-refractivity contribution in [1.29, 1.82) is 0 Å². The Hall–Kier alpha value is -1.32. The number of ether oxygens (including phenoxy) is 1. The third kappa shape index (κ3) is 4.08. The minimum Gasteiger partial charge on any atom is -0.497 e. The van der Waals surface area contributed by atoms with E-state index in [1.807, 2.05) is 18.2 Å². The first-order valence-electron chi connectivity index (χ1n) is 7.30. The fourth-order valence-corrected chi connectivity index (χ4v) is 3.13. The predicted octanol–water partition coefficient (Wildman–Crippen LogP) is 5.26. The molecule has 0 saturated carbocycles. The van der Waals surface area contributed by atoms with Gasteiger partial charge in [0.1, 0.15) is 5.75 Å². The van der Waals surface area contributed by atoms with E-state index >= 15 is 0 Å². The molecule has 0 aliphatic heterocycles. The number of hydrogen-bond acceptors (Lipinski definition) is 2. The number of rotatable bonds is 6. The van der Waals surface area contributed by atoms with Gasteiger partial charge in [0.2, 0.25) is 0 Å². The Bertz CT molecular complexity index is 568. The molecule has 0 saturated heterocycles. The van der Waals surface area contributed by atoms with E-state index in [4.69, 9.17) is 4.74 Å². The molecular weight excluding hydrogens is 326 g/mol. The maximum atomic E-state index is 5.22. The van der Waals surface area contributed by atoms with Crippen molar-refractivity contribution in [2.24, 2.45) is 0 Å². The molecular formula is C18H22BrNO. The fourth-order valence-electron chi connectivity index (χ4n) is 2.50. The number of hydrogen-bond donors (Lipinski definition) is 1. The predicted molar refractivity (Wildman–Crippen MR) is 91.7 cm³/mol. The van der Waals surface area contributed by atoms with E-state index in [1.54, 1.807) is 7.11 Å². The van der Waals surface area contributed by atoms with Crippen molar-refractivity contribution in [2.75, 3.05) is 7.11 Å². The van der Waals surface area contributed by atoms with Crippen LogP contribution in [0.2, 0.25) is 0 Å². The average Bonchev–Trinajstić information content (AvgIpc) is 2.53. The zero-order chi connectivity index (χ0) is 15.2. The van der Waals surface area contributed by atoms with Crippen LogP contribution in [-0.2, 0) is 0 Å². The molecule has 1 unspecified atom stereocenters. The largest absolute Gasteiger partial charge is 0.497 e. The molecule has 0 radical (unpaired) electrons. The molecule has 0 spiro atoms. The molecule has 2 atom stereocenters. The van der Waals surface area contributed by atoms with Crippen molar-refractivity contribution in [3.05, 3.63) is 64.1 Å². The maximum Gasteiger partial charge on any atom is 0.118 e. The van der Waals surface area contributed by atoms with Crippen LogP contribution in [0.4, 0.5) is 0 Å². The van der Waals surface area contributed by atoms with Gasteiger partial charge in [-0.3, -0.25) is 0 Å². The first-order chi connectivity index (χ1) is 10.2. The van der Waals surface area contributed by atoms with Gasteiger partial charge in [-0.15, -0.1) is 0 Å². The molecule has 0 aliphatic carbocycles. The molecule has 0 heterocycles. The van der Waals surface area contributed by atoms with E-state index in [9.17, 15) is 0 Å². The van der Waals surface area contributed by atoms with E-state index in [0.717, 1.165) is 16.6 Å². The maximum absolute atomic E-state index is 5.22. The highest BCUT2D eigenvalue weighted by Crippen LogP contribution is 2.27. The van der Waals surface area contributed by atoms with Crippen molar-refractivity contribution in [1.82, 2.24) is 5.32 Å². The standard InChI is InChI=1S/C18H22BrNO/c1-4-18(14-9-11-15(21-3)12-10-14)20-13(2)16-7-5-6-8-17(16)19/h5-13,18,20H,4H2,1-3H3/t13-,18?/m0/s1. The Morgan fingerprint density at radius 3 is 2.33 bits per heavy atom. The van der Waals surface area contributed by atoms with Gasteiger partial charge in [0.25, 0.3) is 0 Å². The van der Waals surface area contributed by atoms with Crippen LogP contribution in [0.3, 0.4) is 0 Å². The van der Waals surface area contributed by atoms with Crippen LogP contribution in [-0.4, -0.2) is 7.11 Å². The second kappa shape index (κ2) is 7.62. The average molecular weight is 348 g/mol. The lowest BCUT2D eigenvalue weighted by Gasteiger charge is -2.24. The molecule has 2 aromatic carbocycles. The second-order valence-electron chi connectivity index (χ2n) is 5.14. The summed E-state index contributed by atoms with van der Waals surface area (Å²) < 4.78 is 6.37. The summed E-state index contributed by atoms with van der Waals surface area (Å²) >= 11 is 3.63. The lowest BCUT2D eigenvalue weighted by Crippen LogP contribution is -2.24. The summed E-state index contributed by atoms with van der Waals surface area (Å²) in [4.78, 5) is 0. The third-order valence-corrected chi connectivity index (χ3v) is 4.47. The molecule has 2 aromatic rings. The summed E-state index contributed by atoms with van der Waals surface area (Å²) in [5.41, 5.74) is 2.57. The Labute approximate surface area is 135 Å². The van der Waals surface area contributed by atoms with Gasteiger partial charge in [-0.1, -0.05) is 53.2 Å². The van der Waals surface area contributed by atoms with Crippen LogP contribution < -0.4 is 10.1 Å². The number of methoxy groups -OCH3 is 1. The number of benzene rings is 2. The molecule has 0 aromatic heterocycles. The minimum atomic E-state index is 0.285. The van der Waals surface area contributed by atoms with Gasteiger partial charge in [0, 0.05) is 16.6 Å². The molecule has 0 bridgehead atoms. The summed E-state index contributed by atoms with van der Waals surface area (Å²) in [6.07, 6.45) is 1.04. The van der Waals surface area contributed by atoms with Crippen molar-refractivity contribution in [2.45, 2.75) is 32.4 Å². The number of halogens is 1. The second-order valence-corrected chi connectivity index (χ2v) is 6.00. The summed E-state index contributed by atoms with van der Waals surface area (Å²) in [5, 5.41) is 3.71. The molecule has 1 N–H and O–H groups in total. The monoisotopic (exact) mass is 347 g/mol. The SMILES string of the molecule is CCC(N[C@@H](C)c1ccccc1Br)c1ccc(OC)cc1. The van der Waals surface area contributed by atoms with Gasteiger partial charge in [0.05, 0.1) is 7.11 Å². The summed E-state index contributed by atoms with van der Waals surface area (Å²) in [5.74, 6) is 0.896. The van der Waals surface area contributed by atoms with Crippen LogP contribution in [0.25, 0.3) is 0 Å². The van der Waals surface area contributed by atoms with Crippen molar-refractivity contribution < 1.29 is 4.74 Å². The van der Waals surface area contributed by atoms with Crippen LogP contribution in [0, 0.1) is 0 Å². The topological polar surface area (TPSA) is 21.3 Å². The normalized spacial score (nSPS) is 13.7. The Morgan fingerprint density at radius 1 is 1.10 bits per heavy atom. The Balaban J connectivity index is 2.13. The zero-order valence-electron chi connectivity index (χ0n) is 12.8. The summed E-state index contributed by atoms with van der Waals surface area (Å²) in [6, 6.07) is 17.3. The molecule has 112 valence electrons.